The van der Waals surface area contributed by atoms with E-state index >= 15 is 0 Å². The van der Waals surface area contributed by atoms with Crippen molar-refractivity contribution in [3.05, 3.63) is 78.4 Å². The minimum atomic E-state index is -0.659. The maximum atomic E-state index is 12.6. The lowest BCUT2D eigenvalue weighted by atomic mass is 10.1. The molecular weight excluding hydrogens is 410 g/mol. The standard InChI is InChI=1S/C24H21N3O3S/c1-16(30-21-10-8-20(29-2)9-11-21)23(28)26-19-7-3-5-17(13-19)22-15-31-24(27-22)18-6-4-12-25-14-18/h3-16H,1-2H3,(H,26,28). The van der Waals surface area contributed by atoms with E-state index < -0.39 is 6.10 Å². The van der Waals surface area contributed by atoms with Crippen LogP contribution in [0.5, 0.6) is 11.5 Å². The monoisotopic (exact) mass is 431 g/mol. The topological polar surface area (TPSA) is 73.3 Å². The maximum absolute atomic E-state index is 12.6. The lowest BCUT2D eigenvalue weighted by molar-refractivity contribution is -0.122. The Kier molecular flexibility index (Phi) is 6.24. The van der Waals surface area contributed by atoms with Gasteiger partial charge in [-0.1, -0.05) is 12.1 Å². The van der Waals surface area contributed by atoms with Gasteiger partial charge in [-0.3, -0.25) is 9.78 Å². The summed E-state index contributed by atoms with van der Waals surface area (Å²) in [7, 11) is 1.60. The van der Waals surface area contributed by atoms with Crippen LogP contribution >= 0.6 is 11.3 Å². The molecule has 0 aliphatic heterocycles. The maximum Gasteiger partial charge on any atom is 0.265 e. The van der Waals surface area contributed by atoms with E-state index in [1.165, 1.54) is 0 Å². The van der Waals surface area contributed by atoms with Gasteiger partial charge in [0.05, 0.1) is 12.8 Å². The second-order valence-electron chi connectivity index (χ2n) is 6.79. The number of aromatic nitrogens is 2. The first-order chi connectivity index (χ1) is 15.1. The number of nitrogens with zero attached hydrogens (tertiary/aromatic N) is 2. The normalized spacial score (nSPS) is 11.5. The van der Waals surface area contributed by atoms with Gasteiger partial charge in [0.15, 0.2) is 6.10 Å². The number of hydrogen-bond acceptors (Lipinski definition) is 6. The lowest BCUT2D eigenvalue weighted by Crippen LogP contribution is -2.30. The van der Waals surface area contributed by atoms with Crippen molar-refractivity contribution in [2.24, 2.45) is 0 Å². The summed E-state index contributed by atoms with van der Waals surface area (Å²) in [5.74, 6) is 1.10. The molecule has 1 unspecified atom stereocenters. The van der Waals surface area contributed by atoms with Crippen molar-refractivity contribution in [2.75, 3.05) is 12.4 Å². The zero-order chi connectivity index (χ0) is 21.6. The average molecular weight is 432 g/mol. The van der Waals surface area contributed by atoms with Gasteiger partial charge in [0.2, 0.25) is 0 Å². The molecule has 0 aliphatic carbocycles. The molecule has 156 valence electrons. The molecular formula is C24H21N3O3S. The molecule has 1 atom stereocenters. The second-order valence-corrected chi connectivity index (χ2v) is 7.64. The Bertz CT molecular complexity index is 1160. The van der Waals surface area contributed by atoms with Gasteiger partial charge in [0, 0.05) is 34.6 Å². The number of anilines is 1. The van der Waals surface area contributed by atoms with Crippen LogP contribution in [-0.2, 0) is 4.79 Å². The molecule has 0 radical (unpaired) electrons. The van der Waals surface area contributed by atoms with Crippen molar-refractivity contribution in [1.82, 2.24) is 9.97 Å². The van der Waals surface area contributed by atoms with E-state index in [0.717, 1.165) is 27.6 Å². The predicted octanol–water partition coefficient (Wildman–Crippen LogP) is 5.29. The fourth-order valence-electron chi connectivity index (χ4n) is 2.94. The number of carbonyl (C=O) groups is 1. The zero-order valence-electron chi connectivity index (χ0n) is 17.1. The molecule has 0 fully saturated rings. The first-order valence-electron chi connectivity index (χ1n) is 9.70. The Balaban J connectivity index is 1.43. The fraction of sp³-hybridized carbons (Fsp3) is 0.125. The molecule has 2 heterocycles. The second kappa shape index (κ2) is 9.40. The van der Waals surface area contributed by atoms with Crippen molar-refractivity contribution < 1.29 is 14.3 Å². The van der Waals surface area contributed by atoms with Gasteiger partial charge >= 0.3 is 0 Å². The van der Waals surface area contributed by atoms with Crippen LogP contribution < -0.4 is 14.8 Å². The summed E-state index contributed by atoms with van der Waals surface area (Å²) in [5, 5.41) is 5.81. The lowest BCUT2D eigenvalue weighted by Gasteiger charge is -2.15. The highest BCUT2D eigenvalue weighted by Gasteiger charge is 2.16. The number of hydrogen-bond donors (Lipinski definition) is 1. The van der Waals surface area contributed by atoms with E-state index in [-0.39, 0.29) is 5.91 Å². The number of amides is 1. The van der Waals surface area contributed by atoms with Gasteiger partial charge in [-0.25, -0.2) is 4.98 Å². The number of benzene rings is 2. The van der Waals surface area contributed by atoms with E-state index in [2.05, 4.69) is 10.3 Å². The first kappa shape index (κ1) is 20.6. The zero-order valence-corrected chi connectivity index (χ0v) is 17.9. The van der Waals surface area contributed by atoms with Gasteiger partial charge in [-0.05, 0) is 55.5 Å². The molecule has 0 saturated carbocycles. The number of nitrogens with one attached hydrogen (secondary N) is 1. The molecule has 2 aromatic carbocycles. The summed E-state index contributed by atoms with van der Waals surface area (Å²) in [6.45, 7) is 1.71. The van der Waals surface area contributed by atoms with Gasteiger partial charge in [0.1, 0.15) is 16.5 Å². The largest absolute Gasteiger partial charge is 0.497 e. The number of methoxy groups -OCH3 is 1. The van der Waals surface area contributed by atoms with Crippen LogP contribution in [0.25, 0.3) is 21.8 Å². The number of carbonyl (C=O) groups excluding carboxylic acids is 1. The summed E-state index contributed by atoms with van der Waals surface area (Å²) >= 11 is 1.56. The number of ether oxygens (including phenoxy) is 2. The highest BCUT2D eigenvalue weighted by atomic mass is 32.1. The molecule has 4 rings (SSSR count). The van der Waals surface area contributed by atoms with Crippen LogP contribution in [0.3, 0.4) is 0 Å². The third kappa shape index (κ3) is 5.07. The predicted molar refractivity (Wildman–Crippen MR) is 122 cm³/mol. The Labute approximate surface area is 184 Å². The molecule has 1 amide bonds. The van der Waals surface area contributed by atoms with Crippen LogP contribution in [0, 0.1) is 0 Å². The van der Waals surface area contributed by atoms with Crippen LogP contribution in [0.1, 0.15) is 6.92 Å². The SMILES string of the molecule is COc1ccc(OC(C)C(=O)Nc2cccc(-c3csc(-c4cccnc4)n3)c2)cc1. The van der Waals surface area contributed by atoms with Crippen molar-refractivity contribution in [2.45, 2.75) is 13.0 Å². The van der Waals surface area contributed by atoms with E-state index in [1.807, 2.05) is 41.8 Å². The van der Waals surface area contributed by atoms with E-state index in [1.54, 1.807) is 62.0 Å². The van der Waals surface area contributed by atoms with Crippen LogP contribution in [0.2, 0.25) is 0 Å². The minimum Gasteiger partial charge on any atom is -0.497 e. The minimum absolute atomic E-state index is 0.234. The van der Waals surface area contributed by atoms with Gasteiger partial charge < -0.3 is 14.8 Å². The Morgan fingerprint density at radius 1 is 1.03 bits per heavy atom. The van der Waals surface area contributed by atoms with Crippen LogP contribution in [0.15, 0.2) is 78.4 Å². The third-order valence-electron chi connectivity index (χ3n) is 4.58. The first-order valence-corrected chi connectivity index (χ1v) is 10.6. The van der Waals surface area contributed by atoms with Gasteiger partial charge in [-0.2, -0.15) is 0 Å². The summed E-state index contributed by atoms with van der Waals surface area (Å²) in [6.07, 6.45) is 2.88. The molecule has 6 nitrogen and oxygen atoms in total. The van der Waals surface area contributed by atoms with Crippen molar-refractivity contribution >= 4 is 22.9 Å². The molecule has 0 aliphatic rings. The highest BCUT2D eigenvalue weighted by Crippen LogP contribution is 2.29. The van der Waals surface area contributed by atoms with Crippen molar-refractivity contribution in [1.29, 1.82) is 0 Å². The Morgan fingerprint density at radius 3 is 2.55 bits per heavy atom. The van der Waals surface area contributed by atoms with E-state index in [0.29, 0.717) is 11.4 Å². The molecule has 0 saturated heterocycles. The number of thiazole rings is 1. The molecule has 7 heteroatoms. The quantitative estimate of drug-likeness (QED) is 0.431. The highest BCUT2D eigenvalue weighted by molar-refractivity contribution is 7.13. The summed E-state index contributed by atoms with van der Waals surface area (Å²) in [6, 6.07) is 18.6. The molecule has 2 aromatic heterocycles. The van der Waals surface area contributed by atoms with E-state index in [9.17, 15) is 4.79 Å². The fourth-order valence-corrected chi connectivity index (χ4v) is 3.76. The third-order valence-corrected chi connectivity index (χ3v) is 5.47. The van der Waals surface area contributed by atoms with Crippen LogP contribution in [0.4, 0.5) is 5.69 Å². The number of pyridine rings is 1. The van der Waals surface area contributed by atoms with Crippen molar-refractivity contribution in [3.63, 3.8) is 0 Å². The van der Waals surface area contributed by atoms with E-state index in [4.69, 9.17) is 14.5 Å². The van der Waals surface area contributed by atoms with Gasteiger partial charge in [0.25, 0.3) is 5.91 Å². The molecule has 0 spiro atoms. The molecule has 0 bridgehead atoms. The summed E-state index contributed by atoms with van der Waals surface area (Å²) < 4.78 is 10.9. The molecule has 4 aromatic rings. The van der Waals surface area contributed by atoms with Crippen LogP contribution in [-0.4, -0.2) is 29.1 Å². The average Bonchev–Trinajstić information content (AvgIpc) is 3.31. The Hall–Kier alpha value is -3.71. The van der Waals surface area contributed by atoms with Crippen molar-refractivity contribution in [3.8, 4) is 33.3 Å². The molecule has 31 heavy (non-hydrogen) atoms. The summed E-state index contributed by atoms with van der Waals surface area (Å²) in [4.78, 5) is 21.4. The summed E-state index contributed by atoms with van der Waals surface area (Å²) in [5.41, 5.74) is 3.44. The smallest absolute Gasteiger partial charge is 0.265 e. The number of rotatable bonds is 7. The Morgan fingerprint density at radius 2 is 1.81 bits per heavy atom. The van der Waals surface area contributed by atoms with Gasteiger partial charge in [-0.15, -0.1) is 11.3 Å². The molecule has 1 N–H and O–H groups in total.